The number of phenols is 2. The van der Waals surface area contributed by atoms with Crippen LogP contribution in [0.4, 0.5) is 0 Å². The monoisotopic (exact) mass is 338 g/mol. The van der Waals surface area contributed by atoms with Crippen LogP contribution in [0.15, 0.2) is 48.7 Å². The molecule has 3 aromatic rings. The lowest BCUT2D eigenvalue weighted by Gasteiger charge is -2.14. The third kappa shape index (κ3) is 3.07. The third-order valence-electron chi connectivity index (χ3n) is 4.19. The predicted molar refractivity (Wildman–Crippen MR) is 91.1 cm³/mol. The number of hydroxylamine groups is 2. The highest BCUT2D eigenvalue weighted by Crippen LogP contribution is 2.33. The van der Waals surface area contributed by atoms with E-state index in [-0.39, 0.29) is 17.2 Å². The standard InChI is InChI=1S/C18H18N4O3/c23-16-3-1-4-17(24)18(16)22-15(11-19-20-22)14-7-5-13(6-8-14)12-21-9-2-10-25-21/h1,3-8,11,23-24H,2,9-10,12H2. The zero-order valence-electron chi connectivity index (χ0n) is 13.5. The quantitative estimate of drug-likeness (QED) is 0.760. The summed E-state index contributed by atoms with van der Waals surface area (Å²) in [7, 11) is 0. The van der Waals surface area contributed by atoms with Crippen molar-refractivity contribution in [3.63, 3.8) is 0 Å². The minimum atomic E-state index is -0.0606. The van der Waals surface area contributed by atoms with E-state index < -0.39 is 0 Å². The number of hydrogen-bond donors (Lipinski definition) is 2. The fraction of sp³-hybridized carbons (Fsp3) is 0.222. The molecular formula is C18H18N4O3. The van der Waals surface area contributed by atoms with E-state index in [2.05, 4.69) is 10.3 Å². The molecule has 2 heterocycles. The molecule has 1 fully saturated rings. The van der Waals surface area contributed by atoms with Crippen molar-refractivity contribution in [2.24, 2.45) is 0 Å². The van der Waals surface area contributed by atoms with Gasteiger partial charge in [-0.2, -0.15) is 5.06 Å². The Kier molecular flexibility index (Phi) is 4.09. The summed E-state index contributed by atoms with van der Waals surface area (Å²) in [4.78, 5) is 5.52. The van der Waals surface area contributed by atoms with Crippen molar-refractivity contribution in [3.05, 3.63) is 54.2 Å². The van der Waals surface area contributed by atoms with E-state index >= 15 is 0 Å². The predicted octanol–water partition coefficient (Wildman–Crippen LogP) is 2.48. The summed E-state index contributed by atoms with van der Waals surface area (Å²) in [6.07, 6.45) is 2.66. The van der Waals surface area contributed by atoms with E-state index in [1.165, 1.54) is 16.8 Å². The molecule has 0 atom stereocenters. The van der Waals surface area contributed by atoms with Gasteiger partial charge in [0.2, 0.25) is 0 Å². The normalized spacial score (nSPS) is 14.9. The van der Waals surface area contributed by atoms with Crippen LogP contribution >= 0.6 is 0 Å². The van der Waals surface area contributed by atoms with Gasteiger partial charge >= 0.3 is 0 Å². The SMILES string of the molecule is Oc1cccc(O)c1-n1nncc1-c1ccc(CN2CCCO2)cc1. The molecule has 1 aliphatic rings. The van der Waals surface area contributed by atoms with Gasteiger partial charge < -0.3 is 10.2 Å². The molecule has 0 amide bonds. The Bertz CT molecular complexity index is 850. The highest BCUT2D eigenvalue weighted by Gasteiger charge is 2.16. The van der Waals surface area contributed by atoms with Crippen molar-refractivity contribution >= 4 is 0 Å². The van der Waals surface area contributed by atoms with Crippen molar-refractivity contribution < 1.29 is 15.1 Å². The van der Waals surface area contributed by atoms with Crippen molar-refractivity contribution in [2.75, 3.05) is 13.2 Å². The van der Waals surface area contributed by atoms with Crippen LogP contribution in [0.5, 0.6) is 11.5 Å². The smallest absolute Gasteiger partial charge is 0.150 e. The number of aromatic hydroxyl groups is 2. The molecule has 128 valence electrons. The minimum absolute atomic E-state index is 0.0606. The summed E-state index contributed by atoms with van der Waals surface area (Å²) in [6, 6.07) is 12.6. The Morgan fingerprint density at radius 3 is 2.48 bits per heavy atom. The molecule has 1 aromatic heterocycles. The summed E-state index contributed by atoms with van der Waals surface area (Å²) in [5.74, 6) is -0.121. The molecule has 0 bridgehead atoms. The van der Waals surface area contributed by atoms with E-state index in [9.17, 15) is 10.2 Å². The van der Waals surface area contributed by atoms with Crippen LogP contribution in [0.3, 0.4) is 0 Å². The molecule has 2 N–H and O–H groups in total. The van der Waals surface area contributed by atoms with Gasteiger partial charge in [0.1, 0.15) is 11.5 Å². The first-order valence-corrected chi connectivity index (χ1v) is 8.11. The first-order chi connectivity index (χ1) is 12.2. The van der Waals surface area contributed by atoms with Gasteiger partial charge in [-0.25, -0.2) is 4.68 Å². The lowest BCUT2D eigenvalue weighted by atomic mass is 10.1. The minimum Gasteiger partial charge on any atom is -0.506 e. The second kappa shape index (κ2) is 6.54. The van der Waals surface area contributed by atoms with E-state index in [1.807, 2.05) is 29.3 Å². The highest BCUT2D eigenvalue weighted by atomic mass is 16.7. The maximum atomic E-state index is 10.1. The number of hydrogen-bond acceptors (Lipinski definition) is 6. The summed E-state index contributed by atoms with van der Waals surface area (Å²) in [5, 5.41) is 30.0. The summed E-state index contributed by atoms with van der Waals surface area (Å²) < 4.78 is 1.43. The lowest BCUT2D eigenvalue weighted by molar-refractivity contribution is -0.117. The Labute approximate surface area is 144 Å². The summed E-state index contributed by atoms with van der Waals surface area (Å²) >= 11 is 0. The molecule has 25 heavy (non-hydrogen) atoms. The zero-order chi connectivity index (χ0) is 17.2. The molecule has 0 saturated carbocycles. The molecule has 7 nitrogen and oxygen atoms in total. The molecule has 0 radical (unpaired) electrons. The molecule has 0 spiro atoms. The van der Waals surface area contributed by atoms with Gasteiger partial charge in [0.15, 0.2) is 5.69 Å². The molecule has 1 aliphatic heterocycles. The van der Waals surface area contributed by atoms with E-state index in [0.717, 1.165) is 37.2 Å². The van der Waals surface area contributed by atoms with Gasteiger partial charge in [-0.15, -0.1) is 5.10 Å². The van der Waals surface area contributed by atoms with Gasteiger partial charge in [0.05, 0.1) is 18.5 Å². The van der Waals surface area contributed by atoms with Crippen LogP contribution in [0.1, 0.15) is 12.0 Å². The summed E-state index contributed by atoms with van der Waals surface area (Å²) in [6.45, 7) is 2.48. The fourth-order valence-corrected chi connectivity index (χ4v) is 2.94. The average Bonchev–Trinajstić information content (AvgIpc) is 3.28. The van der Waals surface area contributed by atoms with Crippen LogP contribution in [-0.2, 0) is 11.4 Å². The Morgan fingerprint density at radius 2 is 1.80 bits per heavy atom. The Morgan fingerprint density at radius 1 is 1.04 bits per heavy atom. The van der Waals surface area contributed by atoms with Gasteiger partial charge in [0.25, 0.3) is 0 Å². The van der Waals surface area contributed by atoms with Crippen molar-refractivity contribution in [1.29, 1.82) is 0 Å². The molecule has 0 unspecified atom stereocenters. The molecule has 4 rings (SSSR count). The topological polar surface area (TPSA) is 83.6 Å². The van der Waals surface area contributed by atoms with Crippen molar-refractivity contribution in [2.45, 2.75) is 13.0 Å². The number of para-hydroxylation sites is 1. The van der Waals surface area contributed by atoms with Crippen LogP contribution in [-0.4, -0.2) is 43.4 Å². The van der Waals surface area contributed by atoms with E-state index in [1.54, 1.807) is 12.3 Å². The number of phenolic OH excluding ortho intramolecular Hbond substituents is 2. The van der Waals surface area contributed by atoms with Gasteiger partial charge in [-0.1, -0.05) is 35.5 Å². The Balaban J connectivity index is 1.64. The zero-order valence-corrected chi connectivity index (χ0v) is 13.5. The van der Waals surface area contributed by atoms with E-state index in [0.29, 0.717) is 5.69 Å². The lowest BCUT2D eigenvalue weighted by Crippen LogP contribution is -2.16. The largest absolute Gasteiger partial charge is 0.506 e. The first-order valence-electron chi connectivity index (χ1n) is 8.11. The van der Waals surface area contributed by atoms with Crippen LogP contribution in [0.2, 0.25) is 0 Å². The highest BCUT2D eigenvalue weighted by molar-refractivity contribution is 5.65. The Hall–Kier alpha value is -2.90. The van der Waals surface area contributed by atoms with Gasteiger partial charge in [-0.05, 0) is 24.1 Å². The molecular weight excluding hydrogens is 320 g/mol. The van der Waals surface area contributed by atoms with Crippen LogP contribution in [0.25, 0.3) is 16.9 Å². The molecule has 2 aromatic carbocycles. The number of nitrogens with zero attached hydrogens (tertiary/aromatic N) is 4. The van der Waals surface area contributed by atoms with Crippen molar-refractivity contribution in [1.82, 2.24) is 20.1 Å². The number of rotatable bonds is 4. The second-order valence-electron chi connectivity index (χ2n) is 5.92. The maximum Gasteiger partial charge on any atom is 0.150 e. The maximum absolute atomic E-state index is 10.1. The fourth-order valence-electron chi connectivity index (χ4n) is 2.94. The molecule has 1 saturated heterocycles. The van der Waals surface area contributed by atoms with E-state index in [4.69, 9.17) is 4.84 Å². The van der Waals surface area contributed by atoms with Crippen LogP contribution < -0.4 is 0 Å². The first kappa shape index (κ1) is 15.6. The van der Waals surface area contributed by atoms with Crippen LogP contribution in [0, 0.1) is 0 Å². The number of aromatic nitrogens is 3. The van der Waals surface area contributed by atoms with Crippen molar-refractivity contribution in [3.8, 4) is 28.4 Å². The number of benzene rings is 2. The van der Waals surface area contributed by atoms with Gasteiger partial charge in [0, 0.05) is 18.7 Å². The second-order valence-corrected chi connectivity index (χ2v) is 5.92. The molecule has 0 aliphatic carbocycles. The molecule has 7 heteroatoms. The summed E-state index contributed by atoms with van der Waals surface area (Å²) in [5.41, 5.74) is 2.93. The van der Waals surface area contributed by atoms with Gasteiger partial charge in [-0.3, -0.25) is 4.84 Å². The average molecular weight is 338 g/mol. The third-order valence-corrected chi connectivity index (χ3v) is 4.19.